The van der Waals surface area contributed by atoms with Crippen LogP contribution in [0.25, 0.3) is 0 Å². The van der Waals surface area contributed by atoms with Crippen molar-refractivity contribution in [3.63, 3.8) is 0 Å². The third-order valence-corrected chi connectivity index (χ3v) is 9.91. The van der Waals surface area contributed by atoms with Crippen LogP contribution in [-0.4, -0.2) is 82.2 Å². The van der Waals surface area contributed by atoms with Gasteiger partial charge in [-0.05, 0) is 63.0 Å². The van der Waals surface area contributed by atoms with Crippen molar-refractivity contribution >= 4 is 23.4 Å². The van der Waals surface area contributed by atoms with Crippen LogP contribution in [0.2, 0.25) is 0 Å². The van der Waals surface area contributed by atoms with E-state index in [1.54, 1.807) is 26.9 Å². The fourth-order valence-electron chi connectivity index (χ4n) is 8.24. The number of benzene rings is 1. The van der Waals surface area contributed by atoms with E-state index in [4.69, 9.17) is 4.74 Å². The van der Waals surface area contributed by atoms with E-state index < -0.39 is 35.1 Å². The molecule has 2 bridgehead atoms. The maximum Gasteiger partial charge on any atom is 0.253 e. The zero-order chi connectivity index (χ0) is 31.7. The number of amides is 3. The van der Waals surface area contributed by atoms with Crippen molar-refractivity contribution in [3.8, 4) is 0 Å². The number of carbonyl (C=O) groups excluding carboxylic acids is 3. The summed E-state index contributed by atoms with van der Waals surface area (Å²) in [7, 11) is 0. The molecule has 3 amide bonds. The highest BCUT2D eigenvalue weighted by atomic mass is 16.5. The molecule has 8 nitrogen and oxygen atoms in total. The minimum absolute atomic E-state index is 0.112. The number of aliphatic hydroxyl groups excluding tert-OH is 1. The second-order valence-corrected chi connectivity index (χ2v) is 13.1. The van der Waals surface area contributed by atoms with E-state index >= 15 is 4.79 Å². The minimum atomic E-state index is -1.17. The number of likely N-dealkylation sites (tertiary alicyclic amines) is 1. The SMILES string of the molecule is C=CCN(CCC)C(=O)[C@H]1[C@H]2C(=O)N([C@@H](CO)CC(C)C)C(C(=O)N(CC=C)c3c(C)cccc3C)C23CC[C@]1(CC)O3. The van der Waals surface area contributed by atoms with E-state index in [2.05, 4.69) is 13.2 Å². The maximum atomic E-state index is 15.0. The minimum Gasteiger partial charge on any atom is -0.394 e. The second kappa shape index (κ2) is 12.9. The van der Waals surface area contributed by atoms with E-state index in [-0.39, 0.29) is 36.8 Å². The van der Waals surface area contributed by atoms with Gasteiger partial charge in [-0.3, -0.25) is 14.4 Å². The first-order valence-corrected chi connectivity index (χ1v) is 16.0. The summed E-state index contributed by atoms with van der Waals surface area (Å²) < 4.78 is 7.03. The number of rotatable bonds is 14. The van der Waals surface area contributed by atoms with E-state index in [1.165, 1.54) is 0 Å². The maximum absolute atomic E-state index is 15.0. The van der Waals surface area contributed by atoms with Crippen LogP contribution in [0.3, 0.4) is 0 Å². The van der Waals surface area contributed by atoms with Crippen LogP contribution in [0.15, 0.2) is 43.5 Å². The normalized spacial score (nSPS) is 28.2. The molecule has 3 fully saturated rings. The molecule has 1 spiro atoms. The summed E-state index contributed by atoms with van der Waals surface area (Å²) in [5.41, 5.74) is 0.668. The first-order chi connectivity index (χ1) is 20.5. The van der Waals surface area contributed by atoms with Crippen LogP contribution in [0, 0.1) is 31.6 Å². The van der Waals surface area contributed by atoms with Crippen molar-refractivity contribution in [2.45, 2.75) is 96.9 Å². The molecule has 236 valence electrons. The largest absolute Gasteiger partial charge is 0.394 e. The molecular weight excluding hydrogens is 542 g/mol. The van der Waals surface area contributed by atoms with Crippen LogP contribution in [0.1, 0.15) is 70.9 Å². The van der Waals surface area contributed by atoms with Crippen molar-refractivity contribution in [2.24, 2.45) is 17.8 Å². The third kappa shape index (κ3) is 5.35. The Morgan fingerprint density at radius 1 is 1.12 bits per heavy atom. The van der Waals surface area contributed by atoms with Gasteiger partial charge in [0.2, 0.25) is 11.8 Å². The third-order valence-electron chi connectivity index (χ3n) is 9.91. The van der Waals surface area contributed by atoms with Crippen LogP contribution in [0.4, 0.5) is 5.69 Å². The second-order valence-electron chi connectivity index (χ2n) is 13.1. The van der Waals surface area contributed by atoms with Gasteiger partial charge in [0, 0.05) is 25.3 Å². The topological polar surface area (TPSA) is 90.4 Å². The van der Waals surface area contributed by atoms with Crippen LogP contribution >= 0.6 is 0 Å². The number of para-hydroxylation sites is 1. The molecule has 2 unspecified atom stereocenters. The van der Waals surface area contributed by atoms with Gasteiger partial charge in [-0.25, -0.2) is 0 Å². The van der Waals surface area contributed by atoms with Gasteiger partial charge in [-0.1, -0.05) is 58.0 Å². The number of ether oxygens (including phenoxy) is 1. The highest BCUT2D eigenvalue weighted by Crippen LogP contribution is 2.65. The van der Waals surface area contributed by atoms with Crippen molar-refractivity contribution in [2.75, 3.05) is 31.1 Å². The van der Waals surface area contributed by atoms with E-state index in [1.807, 2.05) is 59.7 Å². The Morgan fingerprint density at radius 2 is 1.77 bits per heavy atom. The molecule has 43 heavy (non-hydrogen) atoms. The van der Waals surface area contributed by atoms with E-state index in [0.717, 1.165) is 23.2 Å². The van der Waals surface area contributed by atoms with Crippen LogP contribution in [-0.2, 0) is 19.1 Å². The quantitative estimate of drug-likeness (QED) is 0.313. The highest BCUT2D eigenvalue weighted by molar-refractivity contribution is 6.06. The summed E-state index contributed by atoms with van der Waals surface area (Å²) in [5, 5.41) is 10.7. The Morgan fingerprint density at radius 3 is 2.30 bits per heavy atom. The first-order valence-electron chi connectivity index (χ1n) is 16.0. The van der Waals surface area contributed by atoms with Gasteiger partial charge in [0.1, 0.15) is 11.6 Å². The van der Waals surface area contributed by atoms with E-state index in [0.29, 0.717) is 38.8 Å². The lowest BCUT2D eigenvalue weighted by molar-refractivity contribution is -0.154. The summed E-state index contributed by atoms with van der Waals surface area (Å²) in [4.78, 5) is 49.3. The molecule has 0 radical (unpaired) electrons. The van der Waals surface area contributed by atoms with Gasteiger partial charge in [0.25, 0.3) is 5.91 Å². The van der Waals surface area contributed by atoms with Gasteiger partial charge in [-0.2, -0.15) is 0 Å². The number of carbonyl (C=O) groups is 3. The summed E-state index contributed by atoms with van der Waals surface area (Å²) >= 11 is 0. The molecule has 1 aromatic rings. The molecule has 0 aliphatic carbocycles. The zero-order valence-electron chi connectivity index (χ0n) is 27.0. The Bertz CT molecular complexity index is 1230. The Balaban J connectivity index is 1.91. The summed E-state index contributed by atoms with van der Waals surface area (Å²) in [5.74, 6) is -1.98. The molecule has 0 saturated carbocycles. The number of aryl methyl sites for hydroxylation is 2. The van der Waals surface area contributed by atoms with Crippen LogP contribution < -0.4 is 4.90 Å². The molecular formula is C35H51N3O5. The molecule has 0 aromatic heterocycles. The predicted octanol–water partition coefficient (Wildman–Crippen LogP) is 4.81. The number of hydrogen-bond acceptors (Lipinski definition) is 5. The van der Waals surface area contributed by atoms with Gasteiger partial charge in [-0.15, -0.1) is 13.2 Å². The molecule has 1 N–H and O–H groups in total. The predicted molar refractivity (Wildman–Crippen MR) is 170 cm³/mol. The zero-order valence-corrected chi connectivity index (χ0v) is 27.0. The fraction of sp³-hybridized carbons (Fsp3) is 0.629. The van der Waals surface area contributed by atoms with E-state index in [9.17, 15) is 14.7 Å². The lowest BCUT2D eigenvalue weighted by atomic mass is 9.64. The summed E-state index contributed by atoms with van der Waals surface area (Å²) in [6.45, 7) is 20.8. The Hall–Kier alpha value is -2.97. The Labute approximate surface area is 257 Å². The van der Waals surface area contributed by atoms with Gasteiger partial charge >= 0.3 is 0 Å². The molecule has 3 heterocycles. The molecule has 3 saturated heterocycles. The van der Waals surface area contributed by atoms with Gasteiger partial charge in [0.15, 0.2) is 0 Å². The summed E-state index contributed by atoms with van der Waals surface area (Å²) in [6.07, 6.45) is 6.36. The van der Waals surface area contributed by atoms with Gasteiger partial charge < -0.3 is 24.5 Å². The first kappa shape index (κ1) is 32.9. The van der Waals surface area contributed by atoms with Crippen molar-refractivity contribution in [1.82, 2.24) is 9.80 Å². The van der Waals surface area contributed by atoms with Crippen LogP contribution in [0.5, 0.6) is 0 Å². The van der Waals surface area contributed by atoms with Gasteiger partial charge in [0.05, 0.1) is 30.1 Å². The number of aliphatic hydroxyl groups is 1. The van der Waals surface area contributed by atoms with Crippen molar-refractivity contribution < 1.29 is 24.2 Å². The lowest BCUT2D eigenvalue weighted by Gasteiger charge is -2.40. The summed E-state index contributed by atoms with van der Waals surface area (Å²) in [6, 6.07) is 4.34. The molecule has 3 aliphatic heterocycles. The standard InChI is InChI=1S/C35H51N3O5/c1-9-18-36(19-10-2)31(40)27-28-32(41)38(26(22-39)21-23(5)6)30(35(28)17-16-34(27,12-4)43-35)33(42)37(20-11-3)29-24(7)14-13-15-25(29)8/h9,11,13-15,23,26-28,30,39H,1,3,10,12,16-22H2,2,4-8H3/t26-,27-,28+,30?,34+,35?/m1/s1. The highest BCUT2D eigenvalue weighted by Gasteiger charge is 2.79. The average molecular weight is 594 g/mol. The average Bonchev–Trinajstić information content (AvgIpc) is 3.58. The molecule has 3 aliphatic rings. The Kier molecular flexibility index (Phi) is 9.92. The van der Waals surface area contributed by atoms with Crippen molar-refractivity contribution in [1.29, 1.82) is 0 Å². The molecule has 4 rings (SSSR count). The molecule has 6 atom stereocenters. The number of fused-ring (bicyclic) bond motifs is 1. The molecule has 1 aromatic carbocycles. The smallest absolute Gasteiger partial charge is 0.253 e. The number of anilines is 1. The number of hydrogen-bond donors (Lipinski definition) is 1. The lowest BCUT2D eigenvalue weighted by Crippen LogP contribution is -2.59. The fourth-order valence-corrected chi connectivity index (χ4v) is 8.24. The monoisotopic (exact) mass is 593 g/mol. The number of nitrogens with zero attached hydrogens (tertiary/aromatic N) is 3. The van der Waals surface area contributed by atoms with Crippen molar-refractivity contribution in [3.05, 3.63) is 54.6 Å². The molecule has 8 heteroatoms.